The van der Waals surface area contributed by atoms with Crippen molar-refractivity contribution in [2.75, 3.05) is 32.1 Å². The number of ether oxygens (including phenoxy) is 1. The quantitative estimate of drug-likeness (QED) is 0.338. The minimum Gasteiger partial charge on any atom is -0.378 e. The molecular weight excluding hydrogens is 467 g/mol. The summed E-state index contributed by atoms with van der Waals surface area (Å²) < 4.78 is 5.72. The first-order valence-corrected chi connectivity index (χ1v) is 10.0. The number of piperidine rings is 1. The lowest BCUT2D eigenvalue weighted by Gasteiger charge is -2.34. The Hall–Kier alpha value is -1.35. The maximum atomic E-state index is 12.1. The maximum Gasteiger partial charge on any atom is 0.227 e. The van der Waals surface area contributed by atoms with Crippen molar-refractivity contribution in [3.8, 4) is 0 Å². The Morgan fingerprint density at radius 3 is 2.64 bits per heavy atom. The van der Waals surface area contributed by atoms with E-state index in [0.717, 1.165) is 56.2 Å². The summed E-state index contributed by atoms with van der Waals surface area (Å²) in [5.41, 5.74) is 1.95. The molecule has 7 heteroatoms. The fourth-order valence-corrected chi connectivity index (χ4v) is 3.19. The van der Waals surface area contributed by atoms with Crippen molar-refractivity contribution in [1.82, 2.24) is 10.2 Å². The highest BCUT2D eigenvalue weighted by Gasteiger charge is 2.21. The van der Waals surface area contributed by atoms with E-state index in [1.807, 2.05) is 46.0 Å². The number of rotatable bonds is 7. The number of nitrogens with zero attached hydrogens (tertiary/aromatic N) is 2. The molecule has 0 spiro atoms. The summed E-state index contributed by atoms with van der Waals surface area (Å²) in [6.45, 7) is 9.37. The van der Waals surface area contributed by atoms with E-state index < -0.39 is 0 Å². The third kappa shape index (κ3) is 7.58. The molecule has 1 aliphatic heterocycles. The molecule has 1 fully saturated rings. The largest absolute Gasteiger partial charge is 0.378 e. The van der Waals surface area contributed by atoms with Crippen molar-refractivity contribution in [1.29, 1.82) is 0 Å². The van der Waals surface area contributed by atoms with Gasteiger partial charge in [-0.15, -0.1) is 24.0 Å². The number of carbonyl (C=O) groups excluding carboxylic acids is 1. The molecule has 2 N–H and O–H groups in total. The van der Waals surface area contributed by atoms with Crippen LogP contribution < -0.4 is 10.6 Å². The van der Waals surface area contributed by atoms with Crippen LogP contribution in [0.25, 0.3) is 0 Å². The molecule has 1 saturated heterocycles. The minimum atomic E-state index is 0. The normalized spacial score (nSPS) is 16.3. The molecule has 1 aliphatic rings. The summed E-state index contributed by atoms with van der Waals surface area (Å²) in [6.07, 6.45) is 3.27. The van der Waals surface area contributed by atoms with Gasteiger partial charge in [0, 0.05) is 44.9 Å². The SMILES string of the molecule is CCOC1CCN(C(=NC)NCc2cccc(NC(=O)C(C)CC)c2)CC1.I. The third-order valence-corrected chi connectivity index (χ3v) is 5.06. The Labute approximate surface area is 186 Å². The predicted octanol–water partition coefficient (Wildman–Crippen LogP) is 3.87. The van der Waals surface area contributed by atoms with Crippen LogP contribution in [0.3, 0.4) is 0 Å². The zero-order chi connectivity index (χ0) is 19.6. The molecule has 6 nitrogen and oxygen atoms in total. The molecule has 0 aromatic heterocycles. The van der Waals surface area contributed by atoms with Crippen LogP contribution in [-0.4, -0.2) is 49.6 Å². The van der Waals surface area contributed by atoms with Gasteiger partial charge < -0.3 is 20.3 Å². The zero-order valence-corrected chi connectivity index (χ0v) is 19.9. The van der Waals surface area contributed by atoms with Gasteiger partial charge in [0.15, 0.2) is 5.96 Å². The van der Waals surface area contributed by atoms with E-state index in [0.29, 0.717) is 12.6 Å². The molecule has 1 heterocycles. The van der Waals surface area contributed by atoms with Gasteiger partial charge >= 0.3 is 0 Å². The second-order valence-electron chi connectivity index (χ2n) is 7.04. The molecule has 0 bridgehead atoms. The van der Waals surface area contributed by atoms with E-state index >= 15 is 0 Å². The first-order chi connectivity index (χ1) is 13.1. The van der Waals surface area contributed by atoms with Crippen LogP contribution >= 0.6 is 24.0 Å². The number of hydrogen-bond donors (Lipinski definition) is 2. The van der Waals surface area contributed by atoms with Gasteiger partial charge in [-0.05, 0) is 43.9 Å². The van der Waals surface area contributed by atoms with Gasteiger partial charge in [-0.2, -0.15) is 0 Å². The van der Waals surface area contributed by atoms with Crippen LogP contribution in [0.1, 0.15) is 45.6 Å². The summed E-state index contributed by atoms with van der Waals surface area (Å²) in [5.74, 6) is 1.000. The summed E-state index contributed by atoms with van der Waals surface area (Å²) in [5, 5.41) is 6.43. The van der Waals surface area contributed by atoms with Crippen LogP contribution in [-0.2, 0) is 16.1 Å². The number of carbonyl (C=O) groups is 1. The molecule has 1 aromatic rings. The molecule has 1 atom stereocenters. The average Bonchev–Trinajstić information content (AvgIpc) is 2.69. The summed E-state index contributed by atoms with van der Waals surface area (Å²) in [7, 11) is 1.82. The fourth-order valence-electron chi connectivity index (χ4n) is 3.19. The van der Waals surface area contributed by atoms with Crippen LogP contribution in [0.4, 0.5) is 5.69 Å². The number of nitrogens with one attached hydrogen (secondary N) is 2. The number of guanidine groups is 1. The smallest absolute Gasteiger partial charge is 0.227 e. The number of aliphatic imine (C=N–C) groups is 1. The van der Waals surface area contributed by atoms with Crippen molar-refractivity contribution in [3.05, 3.63) is 29.8 Å². The molecule has 2 rings (SSSR count). The van der Waals surface area contributed by atoms with Gasteiger partial charge in [-0.3, -0.25) is 9.79 Å². The highest BCUT2D eigenvalue weighted by molar-refractivity contribution is 14.0. The van der Waals surface area contributed by atoms with Gasteiger partial charge in [0.2, 0.25) is 5.91 Å². The van der Waals surface area contributed by atoms with E-state index in [4.69, 9.17) is 4.74 Å². The third-order valence-electron chi connectivity index (χ3n) is 5.06. The number of benzene rings is 1. The predicted molar refractivity (Wildman–Crippen MR) is 126 cm³/mol. The Balaban J connectivity index is 0.00000392. The number of halogens is 1. The Morgan fingerprint density at radius 2 is 2.04 bits per heavy atom. The molecule has 0 radical (unpaired) electrons. The van der Waals surface area contributed by atoms with Crippen LogP contribution in [0.15, 0.2) is 29.3 Å². The fraction of sp³-hybridized carbons (Fsp3) is 0.619. The van der Waals surface area contributed by atoms with Crippen molar-refractivity contribution in [3.63, 3.8) is 0 Å². The molecule has 1 aromatic carbocycles. The Kier molecular flexibility index (Phi) is 11.4. The van der Waals surface area contributed by atoms with Crippen molar-refractivity contribution >= 4 is 41.5 Å². The zero-order valence-electron chi connectivity index (χ0n) is 17.5. The summed E-state index contributed by atoms with van der Waals surface area (Å²) >= 11 is 0. The van der Waals surface area contributed by atoms with Crippen LogP contribution in [0.5, 0.6) is 0 Å². The lowest BCUT2D eigenvalue weighted by Crippen LogP contribution is -2.46. The Bertz CT molecular complexity index is 631. The lowest BCUT2D eigenvalue weighted by molar-refractivity contribution is -0.119. The number of likely N-dealkylation sites (tertiary alicyclic amines) is 1. The highest BCUT2D eigenvalue weighted by Crippen LogP contribution is 2.15. The van der Waals surface area contributed by atoms with Crippen molar-refractivity contribution in [2.45, 2.75) is 52.7 Å². The minimum absolute atomic E-state index is 0. The molecule has 158 valence electrons. The average molecular weight is 502 g/mol. The van der Waals surface area contributed by atoms with Gasteiger partial charge in [-0.1, -0.05) is 26.0 Å². The summed E-state index contributed by atoms with van der Waals surface area (Å²) in [4.78, 5) is 18.8. The van der Waals surface area contributed by atoms with Gasteiger partial charge in [0.1, 0.15) is 0 Å². The number of amides is 1. The molecule has 1 unspecified atom stereocenters. The second kappa shape index (κ2) is 13.0. The lowest BCUT2D eigenvalue weighted by atomic mass is 10.1. The van der Waals surface area contributed by atoms with Gasteiger partial charge in [0.25, 0.3) is 0 Å². The van der Waals surface area contributed by atoms with E-state index in [1.165, 1.54) is 0 Å². The summed E-state index contributed by atoms with van der Waals surface area (Å²) in [6, 6.07) is 7.97. The standard InChI is InChI=1S/C21H34N4O2.HI/c1-5-16(3)20(26)24-18-9-7-8-17(14-18)15-23-21(22-4)25-12-10-19(11-13-25)27-6-2;/h7-9,14,16,19H,5-6,10-13,15H2,1-4H3,(H,22,23)(H,24,26);1H. The van der Waals surface area contributed by atoms with Crippen LogP contribution in [0, 0.1) is 5.92 Å². The van der Waals surface area contributed by atoms with E-state index in [2.05, 4.69) is 26.6 Å². The highest BCUT2D eigenvalue weighted by atomic mass is 127. The monoisotopic (exact) mass is 502 g/mol. The first-order valence-electron chi connectivity index (χ1n) is 10.0. The Morgan fingerprint density at radius 1 is 1.32 bits per heavy atom. The molecule has 0 saturated carbocycles. The van der Waals surface area contributed by atoms with E-state index in [-0.39, 0.29) is 35.8 Å². The molecule has 1 amide bonds. The van der Waals surface area contributed by atoms with E-state index in [9.17, 15) is 4.79 Å². The maximum absolute atomic E-state index is 12.1. The van der Waals surface area contributed by atoms with Crippen LogP contribution in [0.2, 0.25) is 0 Å². The van der Waals surface area contributed by atoms with E-state index in [1.54, 1.807) is 0 Å². The first kappa shape index (κ1) is 24.7. The second-order valence-corrected chi connectivity index (χ2v) is 7.04. The van der Waals surface area contributed by atoms with Crippen molar-refractivity contribution in [2.24, 2.45) is 10.9 Å². The van der Waals surface area contributed by atoms with Gasteiger partial charge in [-0.25, -0.2) is 0 Å². The molecular formula is C21H35IN4O2. The number of anilines is 1. The number of hydrogen-bond acceptors (Lipinski definition) is 3. The van der Waals surface area contributed by atoms with Gasteiger partial charge in [0.05, 0.1) is 6.10 Å². The molecule has 28 heavy (non-hydrogen) atoms. The molecule has 0 aliphatic carbocycles. The topological polar surface area (TPSA) is 66.0 Å². The van der Waals surface area contributed by atoms with Crippen molar-refractivity contribution < 1.29 is 9.53 Å².